The van der Waals surface area contributed by atoms with E-state index >= 15 is 0 Å². The fourth-order valence-electron chi connectivity index (χ4n) is 1.90. The summed E-state index contributed by atoms with van der Waals surface area (Å²) in [6.07, 6.45) is 1.38. The van der Waals surface area contributed by atoms with Gasteiger partial charge in [-0.05, 0) is 5.92 Å². The third-order valence-corrected chi connectivity index (χ3v) is 3.16. The molecule has 0 bridgehead atoms. The van der Waals surface area contributed by atoms with Crippen LogP contribution in [0.4, 0.5) is 0 Å². The van der Waals surface area contributed by atoms with Gasteiger partial charge in [0.2, 0.25) is 0 Å². The third-order valence-electron chi connectivity index (χ3n) is 3.16. The topological polar surface area (TPSA) is 81.6 Å². The van der Waals surface area contributed by atoms with E-state index in [1.54, 1.807) is 4.90 Å². The molecule has 0 saturated carbocycles. The molecule has 1 saturated heterocycles. The van der Waals surface area contributed by atoms with Crippen molar-refractivity contribution in [2.24, 2.45) is 11.7 Å². The van der Waals surface area contributed by atoms with Gasteiger partial charge in [0.15, 0.2) is 0 Å². The van der Waals surface area contributed by atoms with Crippen LogP contribution in [-0.4, -0.2) is 42.3 Å². The van der Waals surface area contributed by atoms with Crippen molar-refractivity contribution in [3.8, 4) is 0 Å². The van der Waals surface area contributed by atoms with Crippen LogP contribution in [0, 0.1) is 5.92 Å². The Bertz CT molecular complexity index is 410. The van der Waals surface area contributed by atoms with Gasteiger partial charge in [-0.2, -0.15) is 0 Å². The van der Waals surface area contributed by atoms with Crippen molar-refractivity contribution in [2.45, 2.75) is 19.9 Å². The molecular weight excluding hydrogens is 234 g/mol. The molecular formula is C12H19N3O3. The molecule has 100 valence electrons. The Balaban J connectivity index is 2.17. The predicted octanol–water partition coefficient (Wildman–Crippen LogP) is 0.803. The number of aromatic nitrogens is 1. The number of hydrogen-bond acceptors (Lipinski definition) is 5. The molecule has 2 N–H and O–H groups in total. The molecule has 6 nitrogen and oxygen atoms in total. The van der Waals surface area contributed by atoms with Crippen molar-refractivity contribution in [3.05, 3.63) is 17.5 Å². The highest BCUT2D eigenvalue weighted by Crippen LogP contribution is 2.22. The van der Waals surface area contributed by atoms with Crippen LogP contribution in [0.25, 0.3) is 0 Å². The number of nitrogens with zero attached hydrogens (tertiary/aromatic N) is 2. The molecule has 0 aliphatic carbocycles. The zero-order valence-corrected chi connectivity index (χ0v) is 10.8. The van der Waals surface area contributed by atoms with E-state index in [-0.39, 0.29) is 17.9 Å². The molecule has 0 aromatic carbocycles. The summed E-state index contributed by atoms with van der Waals surface area (Å²) in [5, 5.41) is 3.87. The van der Waals surface area contributed by atoms with Crippen LogP contribution in [-0.2, 0) is 4.74 Å². The highest BCUT2D eigenvalue weighted by molar-refractivity contribution is 5.95. The Morgan fingerprint density at radius 1 is 1.44 bits per heavy atom. The average Bonchev–Trinajstić information content (AvgIpc) is 2.87. The number of carbonyl (C=O) groups excluding carboxylic acids is 1. The quantitative estimate of drug-likeness (QED) is 0.861. The molecule has 1 amide bonds. The van der Waals surface area contributed by atoms with E-state index in [4.69, 9.17) is 15.0 Å². The molecule has 1 aromatic rings. The maximum atomic E-state index is 12.3. The molecule has 0 radical (unpaired) electrons. The number of hydrogen-bond donors (Lipinski definition) is 1. The first kappa shape index (κ1) is 13.0. The smallest absolute Gasteiger partial charge is 0.259 e. The van der Waals surface area contributed by atoms with Crippen LogP contribution < -0.4 is 5.73 Å². The van der Waals surface area contributed by atoms with E-state index in [0.29, 0.717) is 37.6 Å². The van der Waals surface area contributed by atoms with Crippen molar-refractivity contribution in [2.75, 3.05) is 26.3 Å². The van der Waals surface area contributed by atoms with E-state index in [9.17, 15) is 4.79 Å². The standard InChI is InChI=1S/C12H19N3O3/c1-8(2)10(13)11-9(7-18-14-11)12(16)15-3-5-17-6-4-15/h7-8,10H,3-6,13H2,1-2H3/t10-/m0/s1. The zero-order valence-electron chi connectivity index (χ0n) is 10.8. The van der Waals surface area contributed by atoms with Crippen LogP contribution in [0.15, 0.2) is 10.8 Å². The maximum Gasteiger partial charge on any atom is 0.259 e. The number of rotatable bonds is 3. The second-order valence-corrected chi connectivity index (χ2v) is 4.79. The van der Waals surface area contributed by atoms with Gasteiger partial charge in [-0.1, -0.05) is 19.0 Å². The molecule has 18 heavy (non-hydrogen) atoms. The molecule has 1 aliphatic heterocycles. The van der Waals surface area contributed by atoms with Gasteiger partial charge in [-0.3, -0.25) is 4.79 Å². The predicted molar refractivity (Wildman–Crippen MR) is 65.0 cm³/mol. The molecule has 1 aliphatic rings. The Hall–Kier alpha value is -1.40. The summed E-state index contributed by atoms with van der Waals surface area (Å²) in [6.45, 7) is 6.32. The van der Waals surface area contributed by atoms with Crippen LogP contribution in [0.5, 0.6) is 0 Å². The normalized spacial score (nSPS) is 18.1. The minimum Gasteiger partial charge on any atom is -0.378 e. The molecule has 0 unspecified atom stereocenters. The Morgan fingerprint density at radius 2 is 2.11 bits per heavy atom. The molecule has 1 aromatic heterocycles. The Kier molecular flexibility index (Phi) is 3.98. The molecule has 1 atom stereocenters. The minimum atomic E-state index is -0.288. The maximum absolute atomic E-state index is 12.3. The first-order chi connectivity index (χ1) is 8.61. The molecule has 0 spiro atoms. The number of ether oxygens (including phenoxy) is 1. The fourth-order valence-corrected chi connectivity index (χ4v) is 1.90. The number of amides is 1. The van der Waals surface area contributed by atoms with Crippen molar-refractivity contribution >= 4 is 5.91 Å². The van der Waals surface area contributed by atoms with E-state index < -0.39 is 0 Å². The van der Waals surface area contributed by atoms with Crippen LogP contribution in [0.1, 0.15) is 35.9 Å². The van der Waals surface area contributed by atoms with Crippen molar-refractivity contribution in [3.63, 3.8) is 0 Å². The second-order valence-electron chi connectivity index (χ2n) is 4.79. The summed E-state index contributed by atoms with van der Waals surface area (Å²) < 4.78 is 10.1. The second kappa shape index (κ2) is 5.49. The lowest BCUT2D eigenvalue weighted by Gasteiger charge is -2.27. The number of morpholine rings is 1. The summed E-state index contributed by atoms with van der Waals surface area (Å²) in [5.41, 5.74) is 7.05. The van der Waals surface area contributed by atoms with Crippen LogP contribution in [0.3, 0.4) is 0 Å². The lowest BCUT2D eigenvalue weighted by atomic mass is 9.99. The van der Waals surface area contributed by atoms with Gasteiger partial charge >= 0.3 is 0 Å². The summed E-state index contributed by atoms with van der Waals surface area (Å²) in [4.78, 5) is 14.1. The average molecular weight is 253 g/mol. The van der Waals surface area contributed by atoms with Gasteiger partial charge in [-0.15, -0.1) is 0 Å². The summed E-state index contributed by atoms with van der Waals surface area (Å²) >= 11 is 0. The largest absolute Gasteiger partial charge is 0.378 e. The monoisotopic (exact) mass is 253 g/mol. The highest BCUT2D eigenvalue weighted by atomic mass is 16.5. The Labute approximate surface area is 106 Å². The van der Waals surface area contributed by atoms with Gasteiger partial charge in [0, 0.05) is 13.1 Å². The molecule has 1 fully saturated rings. The summed E-state index contributed by atoms with van der Waals surface area (Å²) in [7, 11) is 0. The highest BCUT2D eigenvalue weighted by Gasteiger charge is 2.27. The first-order valence-electron chi connectivity index (χ1n) is 6.18. The summed E-state index contributed by atoms with van der Waals surface area (Å²) in [5.74, 6) is 0.122. The minimum absolute atomic E-state index is 0.0781. The summed E-state index contributed by atoms with van der Waals surface area (Å²) in [6, 6.07) is -0.288. The van der Waals surface area contributed by atoms with Crippen molar-refractivity contribution in [1.82, 2.24) is 10.1 Å². The molecule has 2 rings (SSSR count). The van der Waals surface area contributed by atoms with Gasteiger partial charge in [0.05, 0.1) is 19.3 Å². The molecule has 2 heterocycles. The van der Waals surface area contributed by atoms with Crippen molar-refractivity contribution in [1.29, 1.82) is 0 Å². The van der Waals surface area contributed by atoms with Crippen LogP contribution in [0.2, 0.25) is 0 Å². The number of nitrogens with two attached hydrogens (primary N) is 1. The lowest BCUT2D eigenvalue weighted by Crippen LogP contribution is -2.41. The third kappa shape index (κ3) is 2.54. The fraction of sp³-hybridized carbons (Fsp3) is 0.667. The van der Waals surface area contributed by atoms with Crippen molar-refractivity contribution < 1.29 is 14.1 Å². The van der Waals surface area contributed by atoms with Gasteiger partial charge in [0.25, 0.3) is 5.91 Å². The van der Waals surface area contributed by atoms with Crippen LogP contribution >= 0.6 is 0 Å². The van der Waals surface area contributed by atoms with Gasteiger partial charge in [0.1, 0.15) is 17.5 Å². The molecule has 6 heteroatoms. The SMILES string of the molecule is CC(C)[C@H](N)c1nocc1C(=O)N1CCOCC1. The first-order valence-corrected chi connectivity index (χ1v) is 6.18. The van der Waals surface area contributed by atoms with Gasteiger partial charge in [-0.25, -0.2) is 0 Å². The Morgan fingerprint density at radius 3 is 2.72 bits per heavy atom. The zero-order chi connectivity index (χ0) is 13.1. The number of carbonyl (C=O) groups is 1. The van der Waals surface area contributed by atoms with Gasteiger partial charge < -0.3 is 19.9 Å². The van der Waals surface area contributed by atoms with E-state index in [0.717, 1.165) is 0 Å². The van der Waals surface area contributed by atoms with E-state index in [1.807, 2.05) is 13.8 Å². The van der Waals surface area contributed by atoms with E-state index in [1.165, 1.54) is 6.26 Å². The lowest BCUT2D eigenvalue weighted by molar-refractivity contribution is 0.0301. The van der Waals surface area contributed by atoms with E-state index in [2.05, 4.69) is 5.16 Å².